The third kappa shape index (κ3) is 5.44. The van der Waals surface area contributed by atoms with Gasteiger partial charge in [0, 0.05) is 44.0 Å². The first-order valence-corrected chi connectivity index (χ1v) is 13.2. The number of aryl methyl sites for hydroxylation is 2. The maximum absolute atomic E-state index is 13.0. The van der Waals surface area contributed by atoms with Crippen LogP contribution in [0.15, 0.2) is 63.9 Å². The van der Waals surface area contributed by atoms with E-state index in [1.807, 2.05) is 37.3 Å². The Morgan fingerprint density at radius 3 is 2.41 bits per heavy atom. The number of rotatable bonds is 6. The number of thioether (sulfide) groups is 1. The minimum Gasteiger partial charge on any atom is -0.456 e. The van der Waals surface area contributed by atoms with Crippen molar-refractivity contribution in [3.05, 3.63) is 86.5 Å². The third-order valence-corrected chi connectivity index (χ3v) is 7.80. The van der Waals surface area contributed by atoms with Crippen molar-refractivity contribution in [2.45, 2.75) is 13.8 Å². The Labute approximate surface area is 229 Å². The van der Waals surface area contributed by atoms with E-state index in [1.54, 1.807) is 30.0 Å². The van der Waals surface area contributed by atoms with E-state index in [4.69, 9.17) is 4.42 Å². The molecule has 2 aliphatic heterocycles. The van der Waals surface area contributed by atoms with Crippen molar-refractivity contribution in [2.24, 2.45) is 0 Å². The van der Waals surface area contributed by atoms with Crippen molar-refractivity contribution in [1.82, 2.24) is 9.80 Å². The fraction of sp³-hybridized carbons (Fsp3) is 0.250. The maximum Gasteiger partial charge on any atom is 0.294 e. The van der Waals surface area contributed by atoms with E-state index in [1.165, 1.54) is 12.1 Å². The largest absolute Gasteiger partial charge is 0.456 e. The Balaban J connectivity index is 1.25. The molecular formula is C28H26N4O6S. The summed E-state index contributed by atoms with van der Waals surface area (Å²) in [4.78, 5) is 54.5. The molecule has 10 nitrogen and oxygen atoms in total. The van der Waals surface area contributed by atoms with Gasteiger partial charge in [0.2, 0.25) is 5.91 Å². The number of hydrogen-bond donors (Lipinski definition) is 0. The Hall–Kier alpha value is -4.38. The Kier molecular flexibility index (Phi) is 7.25. The second-order valence-corrected chi connectivity index (χ2v) is 10.4. The highest BCUT2D eigenvalue weighted by Gasteiger charge is 2.37. The average Bonchev–Trinajstić information content (AvgIpc) is 3.50. The predicted molar refractivity (Wildman–Crippen MR) is 148 cm³/mol. The number of benzene rings is 2. The van der Waals surface area contributed by atoms with Gasteiger partial charge in [0.15, 0.2) is 0 Å². The van der Waals surface area contributed by atoms with E-state index in [-0.39, 0.29) is 34.6 Å². The van der Waals surface area contributed by atoms with E-state index in [9.17, 15) is 24.5 Å². The molecule has 5 rings (SSSR count). The summed E-state index contributed by atoms with van der Waals surface area (Å²) in [5, 5.41) is 11.0. The summed E-state index contributed by atoms with van der Waals surface area (Å²) < 4.78 is 5.80. The highest BCUT2D eigenvalue weighted by atomic mass is 32.2. The van der Waals surface area contributed by atoms with Gasteiger partial charge in [-0.15, -0.1) is 0 Å². The molecule has 39 heavy (non-hydrogen) atoms. The summed E-state index contributed by atoms with van der Waals surface area (Å²) in [6.45, 7) is 5.65. The molecule has 0 radical (unpaired) electrons. The quantitative estimate of drug-likeness (QED) is 0.245. The Bertz CT molecular complexity index is 1490. The molecule has 2 aliphatic rings. The van der Waals surface area contributed by atoms with Gasteiger partial charge in [0.1, 0.15) is 18.1 Å². The normalized spacial score (nSPS) is 16.9. The van der Waals surface area contributed by atoms with Gasteiger partial charge in [0.25, 0.3) is 16.8 Å². The molecule has 3 aromatic rings. The number of para-hydroxylation sites is 1. The van der Waals surface area contributed by atoms with Gasteiger partial charge in [-0.3, -0.25) is 29.4 Å². The van der Waals surface area contributed by atoms with Crippen LogP contribution in [-0.4, -0.2) is 64.5 Å². The molecule has 0 unspecified atom stereocenters. The zero-order valence-corrected chi connectivity index (χ0v) is 22.3. The number of piperazine rings is 1. The van der Waals surface area contributed by atoms with Crippen LogP contribution in [-0.2, 0) is 9.59 Å². The summed E-state index contributed by atoms with van der Waals surface area (Å²) >= 11 is 0.732. The summed E-state index contributed by atoms with van der Waals surface area (Å²) in [5.41, 5.74) is 3.00. The summed E-state index contributed by atoms with van der Waals surface area (Å²) in [7, 11) is 0. The first-order chi connectivity index (χ1) is 18.7. The number of furan rings is 1. The topological polar surface area (TPSA) is 117 Å². The van der Waals surface area contributed by atoms with Crippen molar-refractivity contribution < 1.29 is 23.7 Å². The van der Waals surface area contributed by atoms with E-state index in [2.05, 4.69) is 4.90 Å². The smallest absolute Gasteiger partial charge is 0.294 e. The molecule has 0 bridgehead atoms. The minimum absolute atomic E-state index is 0.0811. The van der Waals surface area contributed by atoms with E-state index < -0.39 is 16.1 Å². The first-order valence-electron chi connectivity index (χ1n) is 12.4. The van der Waals surface area contributed by atoms with Crippen LogP contribution in [0.5, 0.6) is 0 Å². The molecule has 200 valence electrons. The van der Waals surface area contributed by atoms with Crippen molar-refractivity contribution in [1.29, 1.82) is 0 Å². The predicted octanol–water partition coefficient (Wildman–Crippen LogP) is 4.86. The van der Waals surface area contributed by atoms with Crippen LogP contribution in [0.2, 0.25) is 0 Å². The van der Waals surface area contributed by atoms with Crippen molar-refractivity contribution in [2.75, 3.05) is 37.6 Å². The van der Waals surface area contributed by atoms with E-state index in [0.717, 1.165) is 33.5 Å². The van der Waals surface area contributed by atoms with Crippen LogP contribution in [0.3, 0.4) is 0 Å². The van der Waals surface area contributed by atoms with Crippen LogP contribution >= 0.6 is 11.8 Å². The number of amides is 3. The van der Waals surface area contributed by atoms with Gasteiger partial charge < -0.3 is 14.2 Å². The number of hydrogen-bond acceptors (Lipinski definition) is 8. The molecule has 0 atom stereocenters. The molecule has 1 aromatic heterocycles. The molecule has 0 saturated carbocycles. The molecule has 2 aromatic carbocycles. The molecule has 2 fully saturated rings. The van der Waals surface area contributed by atoms with Crippen molar-refractivity contribution >= 4 is 46.3 Å². The van der Waals surface area contributed by atoms with Gasteiger partial charge in [0.05, 0.1) is 15.4 Å². The van der Waals surface area contributed by atoms with Crippen LogP contribution in [0.25, 0.3) is 17.4 Å². The van der Waals surface area contributed by atoms with Gasteiger partial charge in [-0.25, -0.2) is 0 Å². The number of carbonyl (C=O) groups excluding carboxylic acids is 3. The number of carbonyl (C=O) groups is 3. The fourth-order valence-electron chi connectivity index (χ4n) is 4.58. The number of nitro groups is 1. The highest BCUT2D eigenvalue weighted by molar-refractivity contribution is 8.18. The van der Waals surface area contributed by atoms with Crippen LogP contribution < -0.4 is 4.90 Å². The standard InChI is InChI=1S/C28H26N4O6S/c1-18-14-22(23(32(36)37)15-19(18)2)24-9-8-21(38-24)16-25-27(34)31(28(35)39-25)17-26(33)30-12-10-29(11-13-30)20-6-4-3-5-7-20/h3-9,14-16H,10-13,17H2,1-2H3/b25-16-. The van der Waals surface area contributed by atoms with E-state index in [0.29, 0.717) is 31.7 Å². The third-order valence-electron chi connectivity index (χ3n) is 6.90. The molecule has 0 spiro atoms. The fourth-order valence-corrected chi connectivity index (χ4v) is 5.40. The van der Waals surface area contributed by atoms with Crippen LogP contribution in [0, 0.1) is 24.0 Å². The Morgan fingerprint density at radius 1 is 1.03 bits per heavy atom. The molecule has 3 amide bonds. The molecule has 2 saturated heterocycles. The molecule has 11 heteroatoms. The minimum atomic E-state index is -0.573. The lowest BCUT2D eigenvalue weighted by Gasteiger charge is -2.36. The number of nitrogens with zero attached hydrogens (tertiary/aromatic N) is 4. The summed E-state index contributed by atoms with van der Waals surface area (Å²) in [6, 6.07) is 16.3. The molecule has 0 aliphatic carbocycles. The van der Waals surface area contributed by atoms with Gasteiger partial charge in [-0.05, 0) is 67.1 Å². The maximum atomic E-state index is 13.0. The Morgan fingerprint density at radius 2 is 1.72 bits per heavy atom. The van der Waals surface area contributed by atoms with E-state index >= 15 is 0 Å². The second kappa shape index (κ2) is 10.8. The van der Waals surface area contributed by atoms with Crippen molar-refractivity contribution in [3.8, 4) is 11.3 Å². The average molecular weight is 547 g/mol. The van der Waals surface area contributed by atoms with Gasteiger partial charge in [-0.1, -0.05) is 18.2 Å². The van der Waals surface area contributed by atoms with Crippen LogP contribution in [0.4, 0.5) is 16.2 Å². The highest BCUT2D eigenvalue weighted by Crippen LogP contribution is 2.36. The second-order valence-electron chi connectivity index (χ2n) is 9.38. The number of imide groups is 1. The number of nitro benzene ring substituents is 1. The molecule has 0 N–H and O–H groups in total. The summed E-state index contributed by atoms with van der Waals surface area (Å²) in [5.74, 6) is -0.309. The lowest BCUT2D eigenvalue weighted by molar-refractivity contribution is -0.384. The zero-order valence-electron chi connectivity index (χ0n) is 21.5. The molecular weight excluding hydrogens is 520 g/mol. The van der Waals surface area contributed by atoms with Crippen LogP contribution in [0.1, 0.15) is 16.9 Å². The van der Waals surface area contributed by atoms with Gasteiger partial charge in [-0.2, -0.15) is 0 Å². The van der Waals surface area contributed by atoms with Gasteiger partial charge >= 0.3 is 0 Å². The molecule has 3 heterocycles. The first kappa shape index (κ1) is 26.2. The zero-order chi connectivity index (χ0) is 27.7. The number of anilines is 1. The lowest BCUT2D eigenvalue weighted by Crippen LogP contribution is -2.51. The lowest BCUT2D eigenvalue weighted by atomic mass is 10.0. The monoisotopic (exact) mass is 546 g/mol. The SMILES string of the molecule is Cc1cc(-c2ccc(/C=C3\SC(=O)N(CC(=O)N4CCN(c5ccccc5)CC4)C3=O)o2)c([N+](=O)[O-])cc1C. The summed E-state index contributed by atoms with van der Waals surface area (Å²) in [6.07, 6.45) is 1.42. The van der Waals surface area contributed by atoms with Crippen molar-refractivity contribution in [3.63, 3.8) is 0 Å².